The van der Waals surface area contributed by atoms with Gasteiger partial charge < -0.3 is 0 Å². The molecule has 0 bridgehead atoms. The van der Waals surface area contributed by atoms with Crippen LogP contribution in [0, 0.1) is 0 Å². The summed E-state index contributed by atoms with van der Waals surface area (Å²) in [6, 6.07) is 0. The molecule has 8 heavy (non-hydrogen) atoms. The van der Waals surface area contributed by atoms with Gasteiger partial charge in [0.2, 0.25) is 10.0 Å². The molecule has 0 radical (unpaired) electrons. The predicted octanol–water partition coefficient (Wildman–Crippen LogP) is -0.149. The molecule has 0 aliphatic carbocycles. The van der Waals surface area contributed by atoms with E-state index in [9.17, 15) is 8.42 Å². The largest absolute Gasteiger partial charge is 0.228 e. The van der Waals surface area contributed by atoms with Crippen molar-refractivity contribution in [1.29, 1.82) is 0 Å². The second-order valence-corrected chi connectivity index (χ2v) is 3.06. The van der Waals surface area contributed by atoms with Crippen LogP contribution in [0.3, 0.4) is 0 Å². The van der Waals surface area contributed by atoms with Crippen LogP contribution in [-0.2, 0) is 10.0 Å². The van der Waals surface area contributed by atoms with Crippen molar-refractivity contribution < 1.29 is 8.42 Å². The van der Waals surface area contributed by atoms with Gasteiger partial charge in [-0.05, 0) is 6.92 Å². The summed E-state index contributed by atoms with van der Waals surface area (Å²) in [6.07, 6.45) is 3.14. The second-order valence-electron chi connectivity index (χ2n) is 1.40. The molecular weight excluding hydrogens is 126 g/mol. The molecule has 0 aromatic rings. The van der Waals surface area contributed by atoms with Gasteiger partial charge in [-0.1, -0.05) is 12.2 Å². The fraction of sp³-hybridized carbons (Fsp3) is 0.500. The van der Waals surface area contributed by atoms with Crippen LogP contribution in [-0.4, -0.2) is 14.2 Å². The Kier molecular flexibility index (Phi) is 2.71. The van der Waals surface area contributed by atoms with Crippen LogP contribution in [0.4, 0.5) is 0 Å². The molecule has 0 spiro atoms. The number of hydrogen-bond acceptors (Lipinski definition) is 2. The monoisotopic (exact) mass is 135 g/mol. The van der Waals surface area contributed by atoms with Crippen molar-refractivity contribution in [2.45, 2.75) is 6.92 Å². The molecule has 2 N–H and O–H groups in total. The number of nitrogens with two attached hydrogens (primary N) is 1. The third-order valence-electron chi connectivity index (χ3n) is 0.564. The fourth-order valence-electron chi connectivity index (χ4n) is 0.230. The second kappa shape index (κ2) is 2.84. The lowest BCUT2D eigenvalue weighted by atomic mass is 10.6. The number of primary sulfonamides is 1. The molecule has 0 aromatic carbocycles. The summed E-state index contributed by atoms with van der Waals surface area (Å²) >= 11 is 0. The molecule has 48 valence electrons. The van der Waals surface area contributed by atoms with Crippen LogP contribution >= 0.6 is 0 Å². The van der Waals surface area contributed by atoms with Crippen molar-refractivity contribution in [1.82, 2.24) is 0 Å². The van der Waals surface area contributed by atoms with Gasteiger partial charge >= 0.3 is 0 Å². The van der Waals surface area contributed by atoms with Crippen LogP contribution in [0.2, 0.25) is 0 Å². The van der Waals surface area contributed by atoms with Gasteiger partial charge in [-0.2, -0.15) is 0 Å². The Labute approximate surface area is 49.2 Å². The van der Waals surface area contributed by atoms with E-state index in [0.717, 1.165) is 0 Å². The van der Waals surface area contributed by atoms with Gasteiger partial charge in [-0.25, -0.2) is 13.6 Å². The third-order valence-corrected chi connectivity index (χ3v) is 1.22. The van der Waals surface area contributed by atoms with E-state index >= 15 is 0 Å². The summed E-state index contributed by atoms with van der Waals surface area (Å²) in [5.74, 6) is -0.0660. The Hall–Kier alpha value is -0.350. The summed E-state index contributed by atoms with van der Waals surface area (Å²) in [7, 11) is -3.27. The van der Waals surface area contributed by atoms with E-state index in [0.29, 0.717) is 0 Å². The van der Waals surface area contributed by atoms with Gasteiger partial charge in [0.25, 0.3) is 0 Å². The first-order chi connectivity index (χ1) is 3.56. The van der Waals surface area contributed by atoms with Crippen molar-refractivity contribution in [2.75, 3.05) is 5.75 Å². The highest BCUT2D eigenvalue weighted by molar-refractivity contribution is 7.89. The lowest BCUT2D eigenvalue weighted by Gasteiger charge is -1.85. The molecule has 0 fully saturated rings. The molecule has 4 heteroatoms. The quantitative estimate of drug-likeness (QED) is 0.535. The lowest BCUT2D eigenvalue weighted by Crippen LogP contribution is -2.14. The zero-order valence-electron chi connectivity index (χ0n) is 4.66. The van der Waals surface area contributed by atoms with Gasteiger partial charge in [0, 0.05) is 0 Å². The molecule has 0 saturated heterocycles. The Morgan fingerprint density at radius 2 is 2.12 bits per heavy atom. The maximum absolute atomic E-state index is 10.1. The highest BCUT2D eigenvalue weighted by Gasteiger charge is 1.94. The number of hydrogen-bond donors (Lipinski definition) is 1. The number of rotatable bonds is 2. The average molecular weight is 135 g/mol. The summed E-state index contributed by atoms with van der Waals surface area (Å²) < 4.78 is 20.2. The first-order valence-corrected chi connectivity index (χ1v) is 3.89. The van der Waals surface area contributed by atoms with Crippen LogP contribution in [0.25, 0.3) is 0 Å². The highest BCUT2D eigenvalue weighted by Crippen LogP contribution is 1.77. The van der Waals surface area contributed by atoms with Crippen LogP contribution in [0.5, 0.6) is 0 Å². The average Bonchev–Trinajstić information content (AvgIpc) is 1.59. The van der Waals surface area contributed by atoms with Gasteiger partial charge in [-0.15, -0.1) is 0 Å². The zero-order valence-corrected chi connectivity index (χ0v) is 5.48. The Morgan fingerprint density at radius 3 is 2.25 bits per heavy atom. The van der Waals surface area contributed by atoms with Crippen molar-refractivity contribution in [2.24, 2.45) is 5.14 Å². The topological polar surface area (TPSA) is 60.2 Å². The van der Waals surface area contributed by atoms with Crippen molar-refractivity contribution in [3.63, 3.8) is 0 Å². The first-order valence-electron chi connectivity index (χ1n) is 2.18. The van der Waals surface area contributed by atoms with E-state index < -0.39 is 10.0 Å². The molecule has 0 aliphatic heterocycles. The van der Waals surface area contributed by atoms with E-state index in [2.05, 4.69) is 5.14 Å². The van der Waals surface area contributed by atoms with Crippen molar-refractivity contribution in [3.8, 4) is 0 Å². The Morgan fingerprint density at radius 1 is 1.62 bits per heavy atom. The lowest BCUT2D eigenvalue weighted by molar-refractivity contribution is 0.600. The predicted molar refractivity (Wildman–Crippen MR) is 32.8 cm³/mol. The third kappa shape index (κ3) is 5.65. The maximum atomic E-state index is 10.1. The molecule has 0 unspecified atom stereocenters. The van der Waals surface area contributed by atoms with E-state index in [1.54, 1.807) is 13.0 Å². The van der Waals surface area contributed by atoms with Crippen LogP contribution in [0.1, 0.15) is 6.92 Å². The molecular formula is C4H9NO2S. The van der Waals surface area contributed by atoms with Crippen LogP contribution < -0.4 is 5.14 Å². The zero-order chi connectivity index (χ0) is 6.62. The minimum Gasteiger partial charge on any atom is -0.228 e. The van der Waals surface area contributed by atoms with Crippen LogP contribution in [0.15, 0.2) is 12.2 Å². The molecule has 0 aliphatic rings. The molecule has 0 heterocycles. The highest BCUT2D eigenvalue weighted by atomic mass is 32.2. The molecule has 0 saturated carbocycles. The first kappa shape index (κ1) is 7.65. The van der Waals surface area contributed by atoms with Crippen molar-refractivity contribution >= 4 is 10.0 Å². The number of sulfonamides is 1. The fourth-order valence-corrected chi connectivity index (χ4v) is 0.691. The molecule has 3 nitrogen and oxygen atoms in total. The van der Waals surface area contributed by atoms with Gasteiger partial charge in [-0.3, -0.25) is 0 Å². The van der Waals surface area contributed by atoms with E-state index in [1.807, 2.05) is 0 Å². The molecule has 0 amide bonds. The minimum absolute atomic E-state index is 0.0660. The normalized spacial score (nSPS) is 12.8. The maximum Gasteiger partial charge on any atom is 0.212 e. The summed E-state index contributed by atoms with van der Waals surface area (Å²) in [5.41, 5.74) is 0. The summed E-state index contributed by atoms with van der Waals surface area (Å²) in [4.78, 5) is 0. The molecule has 0 atom stereocenters. The SMILES string of the molecule is CC=CCS(N)(=O)=O. The van der Waals surface area contributed by atoms with Gasteiger partial charge in [0.05, 0.1) is 5.75 Å². The Bertz CT molecular complexity index is 168. The minimum atomic E-state index is -3.27. The number of allylic oxidation sites excluding steroid dienone is 1. The van der Waals surface area contributed by atoms with E-state index in [1.165, 1.54) is 6.08 Å². The summed E-state index contributed by atoms with van der Waals surface area (Å²) in [6.45, 7) is 1.74. The smallest absolute Gasteiger partial charge is 0.212 e. The van der Waals surface area contributed by atoms with Gasteiger partial charge in [0.1, 0.15) is 0 Å². The van der Waals surface area contributed by atoms with E-state index in [4.69, 9.17) is 0 Å². The summed E-state index contributed by atoms with van der Waals surface area (Å²) in [5, 5.41) is 4.64. The molecule has 0 aromatic heterocycles. The van der Waals surface area contributed by atoms with Gasteiger partial charge in [0.15, 0.2) is 0 Å². The standard InChI is InChI=1S/C4H9NO2S/c1-2-3-4-8(5,6)7/h2-3H,4H2,1H3,(H2,5,6,7). The van der Waals surface area contributed by atoms with E-state index in [-0.39, 0.29) is 5.75 Å². The Balaban J connectivity index is 3.76. The van der Waals surface area contributed by atoms with Crippen molar-refractivity contribution in [3.05, 3.63) is 12.2 Å². The molecule has 0 rings (SSSR count).